The van der Waals surface area contributed by atoms with Gasteiger partial charge in [0.25, 0.3) is 0 Å². The van der Waals surface area contributed by atoms with Crippen molar-refractivity contribution in [2.75, 3.05) is 6.26 Å². The van der Waals surface area contributed by atoms with Crippen molar-refractivity contribution >= 4 is 10.0 Å². The van der Waals surface area contributed by atoms with Crippen molar-refractivity contribution in [1.29, 1.82) is 0 Å². The fraction of sp³-hybridized carbons (Fsp3) is 0.200. The number of benzene rings is 2. The Morgan fingerprint density at radius 2 is 1.67 bits per heavy atom. The molecule has 0 unspecified atom stereocenters. The molecule has 0 bridgehead atoms. The lowest BCUT2D eigenvalue weighted by Gasteiger charge is -2.18. The minimum atomic E-state index is -3.48. The number of nitrogens with one attached hydrogen (secondary N) is 1. The van der Waals surface area contributed by atoms with E-state index in [0.29, 0.717) is 11.1 Å². The standard InChI is InChI=1S/C15H15F2NO2S/c1-21(19,20)18-15(12-5-3-7-14(17)10-12)9-11-4-2-6-13(16)8-11/h2-8,10,15,18H,9H2,1H3/t15-/m0/s1. The SMILES string of the molecule is CS(=O)(=O)N[C@@H](Cc1cccc(F)c1)c1cccc(F)c1. The first kappa shape index (κ1) is 15.6. The zero-order valence-corrected chi connectivity index (χ0v) is 12.2. The molecule has 2 aromatic carbocycles. The second-order valence-electron chi connectivity index (χ2n) is 4.83. The fourth-order valence-electron chi connectivity index (χ4n) is 2.11. The summed E-state index contributed by atoms with van der Waals surface area (Å²) in [4.78, 5) is 0. The van der Waals surface area contributed by atoms with Gasteiger partial charge < -0.3 is 0 Å². The summed E-state index contributed by atoms with van der Waals surface area (Å²) in [6, 6.07) is 10.9. The summed E-state index contributed by atoms with van der Waals surface area (Å²) in [6.45, 7) is 0. The Bertz CT molecular complexity index is 732. The third-order valence-corrected chi connectivity index (χ3v) is 3.65. The molecule has 2 aromatic rings. The van der Waals surface area contributed by atoms with Gasteiger partial charge in [-0.05, 0) is 41.8 Å². The molecule has 0 amide bonds. The molecule has 3 nitrogen and oxygen atoms in total. The second-order valence-corrected chi connectivity index (χ2v) is 6.61. The molecule has 0 radical (unpaired) electrons. The van der Waals surface area contributed by atoms with Gasteiger partial charge in [-0.2, -0.15) is 0 Å². The average Bonchev–Trinajstić information content (AvgIpc) is 2.36. The molecular weight excluding hydrogens is 296 g/mol. The van der Waals surface area contributed by atoms with Crippen LogP contribution >= 0.6 is 0 Å². The average molecular weight is 311 g/mol. The molecule has 112 valence electrons. The highest BCUT2D eigenvalue weighted by molar-refractivity contribution is 7.88. The van der Waals surface area contributed by atoms with Crippen molar-refractivity contribution in [3.05, 3.63) is 71.3 Å². The monoisotopic (exact) mass is 311 g/mol. The molecular formula is C15H15F2NO2S. The van der Waals surface area contributed by atoms with Crippen LogP contribution in [0.3, 0.4) is 0 Å². The topological polar surface area (TPSA) is 46.2 Å². The van der Waals surface area contributed by atoms with Crippen molar-refractivity contribution in [2.45, 2.75) is 12.5 Å². The molecule has 0 fully saturated rings. The van der Waals surface area contributed by atoms with Crippen molar-refractivity contribution in [1.82, 2.24) is 4.72 Å². The van der Waals surface area contributed by atoms with E-state index in [0.717, 1.165) is 6.26 Å². The summed E-state index contributed by atoms with van der Waals surface area (Å²) in [6.07, 6.45) is 1.26. The highest BCUT2D eigenvalue weighted by Gasteiger charge is 2.17. The summed E-state index contributed by atoms with van der Waals surface area (Å²) < 4.78 is 52.0. The van der Waals surface area contributed by atoms with Crippen LogP contribution in [0, 0.1) is 11.6 Å². The van der Waals surface area contributed by atoms with Crippen LogP contribution in [0.4, 0.5) is 8.78 Å². The number of halogens is 2. The first-order valence-corrected chi connectivity index (χ1v) is 8.20. The Morgan fingerprint density at radius 1 is 1.05 bits per heavy atom. The zero-order valence-electron chi connectivity index (χ0n) is 11.4. The number of hydrogen-bond acceptors (Lipinski definition) is 2. The van der Waals surface area contributed by atoms with E-state index in [-0.39, 0.29) is 6.42 Å². The maximum absolute atomic E-state index is 13.3. The molecule has 0 aromatic heterocycles. The van der Waals surface area contributed by atoms with Crippen LogP contribution in [-0.4, -0.2) is 14.7 Å². The quantitative estimate of drug-likeness (QED) is 0.923. The van der Waals surface area contributed by atoms with Crippen LogP contribution in [0.25, 0.3) is 0 Å². The van der Waals surface area contributed by atoms with Crippen molar-refractivity contribution in [3.63, 3.8) is 0 Å². The van der Waals surface area contributed by atoms with Gasteiger partial charge >= 0.3 is 0 Å². The maximum atomic E-state index is 13.3. The molecule has 0 heterocycles. The van der Waals surface area contributed by atoms with Crippen molar-refractivity contribution < 1.29 is 17.2 Å². The molecule has 2 rings (SSSR count). The van der Waals surface area contributed by atoms with Gasteiger partial charge in [-0.15, -0.1) is 0 Å². The molecule has 0 spiro atoms. The van der Waals surface area contributed by atoms with E-state index >= 15 is 0 Å². The van der Waals surface area contributed by atoms with Gasteiger partial charge in [-0.25, -0.2) is 21.9 Å². The third-order valence-electron chi connectivity index (χ3n) is 2.94. The second kappa shape index (κ2) is 6.32. The van der Waals surface area contributed by atoms with Gasteiger partial charge in [-0.3, -0.25) is 0 Å². The lowest BCUT2D eigenvalue weighted by molar-refractivity contribution is 0.556. The van der Waals surface area contributed by atoms with E-state index in [2.05, 4.69) is 4.72 Å². The van der Waals surface area contributed by atoms with Gasteiger partial charge in [-0.1, -0.05) is 24.3 Å². The molecule has 21 heavy (non-hydrogen) atoms. The van der Waals surface area contributed by atoms with Crippen LogP contribution in [0.2, 0.25) is 0 Å². The molecule has 6 heteroatoms. The molecule has 1 N–H and O–H groups in total. The molecule has 0 aliphatic carbocycles. The Morgan fingerprint density at radius 3 is 2.24 bits per heavy atom. The minimum Gasteiger partial charge on any atom is -0.213 e. The molecule has 0 saturated heterocycles. The molecule has 0 saturated carbocycles. The number of sulfonamides is 1. The Hall–Kier alpha value is -1.79. The summed E-state index contributed by atoms with van der Waals surface area (Å²) in [5.74, 6) is -0.850. The normalized spacial score (nSPS) is 13.1. The summed E-state index contributed by atoms with van der Waals surface area (Å²) >= 11 is 0. The van der Waals surface area contributed by atoms with E-state index in [9.17, 15) is 17.2 Å². The largest absolute Gasteiger partial charge is 0.213 e. The lowest BCUT2D eigenvalue weighted by atomic mass is 9.99. The van der Waals surface area contributed by atoms with Crippen LogP contribution in [0.15, 0.2) is 48.5 Å². The fourth-order valence-corrected chi connectivity index (χ4v) is 2.85. The van der Waals surface area contributed by atoms with Crippen LogP contribution in [0.1, 0.15) is 17.2 Å². The Labute approximate surface area is 122 Å². The third kappa shape index (κ3) is 4.91. The predicted molar refractivity (Wildman–Crippen MR) is 77.2 cm³/mol. The lowest BCUT2D eigenvalue weighted by Crippen LogP contribution is -2.29. The number of rotatable bonds is 5. The van der Waals surface area contributed by atoms with E-state index in [1.54, 1.807) is 18.2 Å². The van der Waals surface area contributed by atoms with E-state index in [1.807, 2.05) is 0 Å². The first-order valence-electron chi connectivity index (χ1n) is 6.31. The summed E-state index contributed by atoms with van der Waals surface area (Å²) in [5.41, 5.74) is 1.12. The summed E-state index contributed by atoms with van der Waals surface area (Å²) in [7, 11) is -3.48. The smallest absolute Gasteiger partial charge is 0.209 e. The van der Waals surface area contributed by atoms with E-state index in [1.165, 1.54) is 30.3 Å². The zero-order chi connectivity index (χ0) is 15.5. The maximum Gasteiger partial charge on any atom is 0.209 e. The van der Waals surface area contributed by atoms with Crippen LogP contribution in [-0.2, 0) is 16.4 Å². The van der Waals surface area contributed by atoms with E-state index in [4.69, 9.17) is 0 Å². The van der Waals surface area contributed by atoms with Crippen LogP contribution < -0.4 is 4.72 Å². The van der Waals surface area contributed by atoms with Crippen molar-refractivity contribution in [2.24, 2.45) is 0 Å². The Balaban J connectivity index is 2.32. The molecule has 1 atom stereocenters. The van der Waals surface area contributed by atoms with Gasteiger partial charge in [0.15, 0.2) is 0 Å². The molecule has 0 aliphatic rings. The first-order chi connectivity index (χ1) is 9.83. The van der Waals surface area contributed by atoms with Gasteiger partial charge in [0.2, 0.25) is 10.0 Å². The predicted octanol–water partition coefficient (Wildman–Crippen LogP) is 2.80. The Kier molecular flexibility index (Phi) is 4.69. The summed E-state index contributed by atoms with van der Waals surface area (Å²) in [5, 5.41) is 0. The highest BCUT2D eigenvalue weighted by atomic mass is 32.2. The van der Waals surface area contributed by atoms with Gasteiger partial charge in [0, 0.05) is 0 Å². The minimum absolute atomic E-state index is 0.230. The van der Waals surface area contributed by atoms with Crippen molar-refractivity contribution in [3.8, 4) is 0 Å². The number of hydrogen-bond donors (Lipinski definition) is 1. The van der Waals surface area contributed by atoms with Gasteiger partial charge in [0.05, 0.1) is 12.3 Å². The molecule has 0 aliphatic heterocycles. The van der Waals surface area contributed by atoms with Crippen LogP contribution in [0.5, 0.6) is 0 Å². The highest BCUT2D eigenvalue weighted by Crippen LogP contribution is 2.20. The van der Waals surface area contributed by atoms with E-state index < -0.39 is 27.7 Å². The van der Waals surface area contributed by atoms with Gasteiger partial charge in [0.1, 0.15) is 11.6 Å².